The van der Waals surface area contributed by atoms with E-state index in [4.69, 9.17) is 31.1 Å². The number of hydrogen-bond acceptors (Lipinski definition) is 7. The largest absolute Gasteiger partial charge is 0.503 e. The van der Waals surface area contributed by atoms with Gasteiger partial charge in [-0.2, -0.15) is 9.64 Å². The quantitative estimate of drug-likeness (QED) is 0.465. The molecule has 0 aliphatic carbocycles. The second-order valence-electron chi connectivity index (χ2n) is 4.10. The standard InChI is InChI=1S/C15H11ClN2O4S/c1-20-8-11(14(19)21-2)9-5-3-4-6-12(9)22-15-10(7-17)13(16)18-23-15/h3-6,8H,1-2H3/b11-8-. The van der Waals surface area contributed by atoms with Gasteiger partial charge in [-0.25, -0.2) is 4.79 Å². The SMILES string of the molecule is CO/C=C(\C(=O)OC)c1ccccc1Oc1snc(Cl)c1C#N. The number of hydrogen-bond donors (Lipinski definition) is 0. The smallest absolute Gasteiger partial charge is 0.341 e. The Balaban J connectivity index is 2.47. The molecular weight excluding hydrogens is 340 g/mol. The van der Waals surface area contributed by atoms with E-state index in [1.54, 1.807) is 24.3 Å². The molecule has 0 N–H and O–H groups in total. The van der Waals surface area contributed by atoms with E-state index in [0.717, 1.165) is 11.5 Å². The zero-order valence-corrected chi connectivity index (χ0v) is 13.8. The number of carbonyl (C=O) groups is 1. The van der Waals surface area contributed by atoms with Gasteiger partial charge in [0.05, 0.1) is 20.5 Å². The highest BCUT2D eigenvalue weighted by molar-refractivity contribution is 7.08. The summed E-state index contributed by atoms with van der Waals surface area (Å²) in [6, 6.07) is 8.72. The number of nitrogens with zero attached hydrogens (tertiary/aromatic N) is 2. The van der Waals surface area contributed by atoms with Crippen LogP contribution < -0.4 is 4.74 Å². The molecule has 23 heavy (non-hydrogen) atoms. The molecule has 0 atom stereocenters. The Bertz CT molecular complexity index is 795. The van der Waals surface area contributed by atoms with Crippen LogP contribution in [0.2, 0.25) is 5.15 Å². The van der Waals surface area contributed by atoms with Crippen molar-refractivity contribution >= 4 is 34.7 Å². The number of halogens is 1. The van der Waals surface area contributed by atoms with Crippen molar-refractivity contribution in [1.82, 2.24) is 4.37 Å². The number of nitriles is 1. The van der Waals surface area contributed by atoms with Crippen molar-refractivity contribution in [2.75, 3.05) is 14.2 Å². The Kier molecular flexibility index (Phi) is 5.57. The summed E-state index contributed by atoms with van der Waals surface area (Å²) in [5.74, 6) is -0.233. The van der Waals surface area contributed by atoms with Gasteiger partial charge in [-0.1, -0.05) is 29.8 Å². The zero-order valence-electron chi connectivity index (χ0n) is 12.2. The number of rotatable bonds is 5. The minimum atomic E-state index is -0.578. The van der Waals surface area contributed by atoms with Crippen LogP contribution >= 0.6 is 23.1 Å². The van der Waals surface area contributed by atoms with E-state index in [-0.39, 0.29) is 21.4 Å². The van der Waals surface area contributed by atoms with Crippen molar-refractivity contribution in [3.63, 3.8) is 0 Å². The molecule has 0 saturated heterocycles. The Hall–Kier alpha value is -2.56. The number of benzene rings is 1. The van der Waals surface area contributed by atoms with Crippen LogP contribution in [0.5, 0.6) is 10.8 Å². The molecule has 2 aromatic rings. The minimum absolute atomic E-state index is 0.0746. The summed E-state index contributed by atoms with van der Waals surface area (Å²) < 4.78 is 19.3. The van der Waals surface area contributed by atoms with Crippen molar-refractivity contribution in [3.8, 4) is 16.9 Å². The maximum atomic E-state index is 11.9. The Morgan fingerprint density at radius 1 is 1.39 bits per heavy atom. The molecule has 0 spiro atoms. The van der Waals surface area contributed by atoms with E-state index in [9.17, 15) is 4.79 Å². The molecule has 1 aromatic heterocycles. The lowest BCUT2D eigenvalue weighted by molar-refractivity contribution is -0.133. The normalized spacial score (nSPS) is 10.8. The van der Waals surface area contributed by atoms with Crippen LogP contribution in [0.1, 0.15) is 11.1 Å². The van der Waals surface area contributed by atoms with Crippen LogP contribution in [0.4, 0.5) is 0 Å². The average Bonchev–Trinajstić information content (AvgIpc) is 2.92. The Morgan fingerprint density at radius 3 is 2.78 bits per heavy atom. The van der Waals surface area contributed by atoms with E-state index in [2.05, 4.69) is 4.37 Å². The molecule has 0 aliphatic heterocycles. The van der Waals surface area contributed by atoms with E-state index in [1.165, 1.54) is 20.5 Å². The molecule has 8 heteroatoms. The van der Waals surface area contributed by atoms with Gasteiger partial charge in [-0.3, -0.25) is 0 Å². The van der Waals surface area contributed by atoms with Crippen molar-refractivity contribution in [2.24, 2.45) is 0 Å². The summed E-state index contributed by atoms with van der Waals surface area (Å²) in [4.78, 5) is 11.9. The first kappa shape index (κ1) is 16.8. The van der Waals surface area contributed by atoms with Crippen LogP contribution in [0.15, 0.2) is 30.5 Å². The summed E-state index contributed by atoms with van der Waals surface area (Å²) in [5.41, 5.74) is 0.774. The number of para-hydroxylation sites is 1. The van der Waals surface area contributed by atoms with E-state index in [1.807, 2.05) is 6.07 Å². The highest BCUT2D eigenvalue weighted by atomic mass is 35.5. The lowest BCUT2D eigenvalue weighted by Crippen LogP contribution is -2.05. The number of ether oxygens (including phenoxy) is 3. The lowest BCUT2D eigenvalue weighted by atomic mass is 10.1. The van der Waals surface area contributed by atoms with Gasteiger partial charge in [0.15, 0.2) is 5.15 Å². The molecule has 0 unspecified atom stereocenters. The van der Waals surface area contributed by atoms with Crippen LogP contribution in [0.25, 0.3) is 5.57 Å². The van der Waals surface area contributed by atoms with E-state index in [0.29, 0.717) is 11.3 Å². The molecule has 0 aliphatic rings. The third-order valence-corrected chi connectivity index (χ3v) is 3.85. The van der Waals surface area contributed by atoms with Gasteiger partial charge in [-0.15, -0.1) is 0 Å². The van der Waals surface area contributed by atoms with Crippen molar-refractivity contribution in [2.45, 2.75) is 0 Å². The van der Waals surface area contributed by atoms with Gasteiger partial charge >= 0.3 is 5.97 Å². The second kappa shape index (κ2) is 7.63. The fourth-order valence-electron chi connectivity index (χ4n) is 1.75. The van der Waals surface area contributed by atoms with Gasteiger partial charge in [0, 0.05) is 17.1 Å². The van der Waals surface area contributed by atoms with Crippen LogP contribution in [-0.4, -0.2) is 24.6 Å². The second-order valence-corrected chi connectivity index (χ2v) is 5.20. The summed E-state index contributed by atoms with van der Waals surface area (Å²) in [6.45, 7) is 0. The van der Waals surface area contributed by atoms with Crippen LogP contribution in [-0.2, 0) is 14.3 Å². The van der Waals surface area contributed by atoms with Crippen molar-refractivity contribution in [3.05, 3.63) is 46.8 Å². The number of esters is 1. The molecular formula is C15H11ClN2O4S. The van der Waals surface area contributed by atoms with Crippen molar-refractivity contribution < 1.29 is 19.0 Å². The summed E-state index contributed by atoms with van der Waals surface area (Å²) in [6.07, 6.45) is 1.26. The molecule has 1 heterocycles. The third-order valence-electron chi connectivity index (χ3n) is 2.75. The molecule has 0 saturated carbocycles. The van der Waals surface area contributed by atoms with Gasteiger partial charge < -0.3 is 14.2 Å². The molecule has 0 fully saturated rings. The predicted octanol–water partition coefficient (Wildman–Crippen LogP) is 3.62. The molecule has 2 rings (SSSR count). The number of methoxy groups -OCH3 is 2. The number of carbonyl (C=O) groups excluding carboxylic acids is 1. The van der Waals surface area contributed by atoms with Crippen molar-refractivity contribution in [1.29, 1.82) is 5.26 Å². The lowest BCUT2D eigenvalue weighted by Gasteiger charge is -2.11. The molecule has 0 bridgehead atoms. The highest BCUT2D eigenvalue weighted by Gasteiger charge is 2.20. The first-order chi connectivity index (χ1) is 11.1. The third kappa shape index (κ3) is 3.62. The van der Waals surface area contributed by atoms with E-state index < -0.39 is 5.97 Å². The van der Waals surface area contributed by atoms with Gasteiger partial charge in [-0.05, 0) is 6.07 Å². The summed E-state index contributed by atoms with van der Waals surface area (Å²) in [7, 11) is 2.69. The van der Waals surface area contributed by atoms with Gasteiger partial charge in [0.25, 0.3) is 0 Å². The Morgan fingerprint density at radius 2 is 2.13 bits per heavy atom. The first-order valence-electron chi connectivity index (χ1n) is 6.26. The van der Waals surface area contributed by atoms with E-state index >= 15 is 0 Å². The molecule has 1 aromatic carbocycles. The monoisotopic (exact) mass is 350 g/mol. The first-order valence-corrected chi connectivity index (χ1v) is 7.41. The van der Waals surface area contributed by atoms with Gasteiger partial charge in [0.1, 0.15) is 23.0 Å². The fourth-order valence-corrected chi connectivity index (χ4v) is 2.65. The molecule has 6 nitrogen and oxygen atoms in total. The highest BCUT2D eigenvalue weighted by Crippen LogP contribution is 2.37. The zero-order chi connectivity index (χ0) is 16.8. The Labute approximate surface area is 141 Å². The predicted molar refractivity (Wildman–Crippen MR) is 85.4 cm³/mol. The number of aromatic nitrogens is 1. The molecule has 0 amide bonds. The van der Waals surface area contributed by atoms with Crippen LogP contribution in [0, 0.1) is 11.3 Å². The molecule has 118 valence electrons. The maximum absolute atomic E-state index is 11.9. The minimum Gasteiger partial charge on any atom is -0.503 e. The van der Waals surface area contributed by atoms with Gasteiger partial charge in [0.2, 0.25) is 5.06 Å². The topological polar surface area (TPSA) is 81.4 Å². The fraction of sp³-hybridized carbons (Fsp3) is 0.133. The summed E-state index contributed by atoms with van der Waals surface area (Å²) >= 11 is 6.78. The maximum Gasteiger partial charge on any atom is 0.341 e. The molecule has 0 radical (unpaired) electrons. The summed E-state index contributed by atoms with van der Waals surface area (Å²) in [5, 5.41) is 9.42. The average molecular weight is 351 g/mol. The van der Waals surface area contributed by atoms with Crippen LogP contribution in [0.3, 0.4) is 0 Å².